The number of pyridine rings is 1. The lowest BCUT2D eigenvalue weighted by molar-refractivity contribution is 0.125. The summed E-state index contributed by atoms with van der Waals surface area (Å²) in [5.41, 5.74) is 7.21. The summed E-state index contributed by atoms with van der Waals surface area (Å²) in [6.45, 7) is 0.130. The normalized spacial score (nSPS) is 11.4. The molecule has 0 atom stereocenters. The van der Waals surface area contributed by atoms with Gasteiger partial charge in [-0.3, -0.25) is 0 Å². The highest BCUT2D eigenvalue weighted by molar-refractivity contribution is 7.13. The lowest BCUT2D eigenvalue weighted by Gasteiger charge is -2.09. The molecule has 0 spiro atoms. The van der Waals surface area contributed by atoms with Crippen LogP contribution in [0.2, 0.25) is 0 Å². The number of rotatable bonds is 7. The van der Waals surface area contributed by atoms with Crippen LogP contribution < -0.4 is 10.5 Å². The Morgan fingerprint density at radius 1 is 1.11 bits per heavy atom. The third kappa shape index (κ3) is 4.18. The quantitative estimate of drug-likeness (QED) is 0.284. The van der Waals surface area contributed by atoms with Crippen molar-refractivity contribution in [1.82, 2.24) is 10.1 Å². The predicted molar refractivity (Wildman–Crippen MR) is 106 cm³/mol. The number of oxime groups is 1. The smallest absolute Gasteiger partial charge is 0.230 e. The summed E-state index contributed by atoms with van der Waals surface area (Å²) in [4.78, 5) is 10.6. The van der Waals surface area contributed by atoms with Gasteiger partial charge in [0, 0.05) is 12.3 Å². The Labute approximate surface area is 165 Å². The Kier molecular flexibility index (Phi) is 5.30. The van der Waals surface area contributed by atoms with Crippen molar-refractivity contribution in [2.75, 3.05) is 0 Å². The lowest BCUT2D eigenvalue weighted by Crippen LogP contribution is -2.15. The topological polar surface area (TPSA) is 95.8 Å². The zero-order valence-electron chi connectivity index (χ0n) is 14.7. The fourth-order valence-corrected chi connectivity index (χ4v) is 3.07. The Bertz CT molecular complexity index is 1060. The van der Waals surface area contributed by atoms with Gasteiger partial charge in [0.25, 0.3) is 0 Å². The number of amidine groups is 1. The summed E-state index contributed by atoms with van der Waals surface area (Å²) in [5, 5.41) is 9.91. The molecule has 3 aromatic heterocycles. The van der Waals surface area contributed by atoms with Crippen LogP contribution in [0.1, 0.15) is 11.3 Å². The van der Waals surface area contributed by atoms with Crippen molar-refractivity contribution in [3.63, 3.8) is 0 Å². The number of para-hydroxylation sites is 1. The molecule has 4 rings (SSSR count). The highest BCUT2D eigenvalue weighted by Crippen LogP contribution is 2.25. The number of thiophene rings is 1. The molecule has 0 bridgehead atoms. The first kappa shape index (κ1) is 17.7. The van der Waals surface area contributed by atoms with E-state index in [1.54, 1.807) is 29.7 Å². The molecule has 4 aromatic rings. The van der Waals surface area contributed by atoms with Gasteiger partial charge in [-0.1, -0.05) is 34.6 Å². The number of hydrogen-bond donors (Lipinski definition) is 1. The van der Waals surface area contributed by atoms with E-state index < -0.39 is 0 Å². The summed E-state index contributed by atoms with van der Waals surface area (Å²) < 4.78 is 11.1. The molecular weight excluding hydrogens is 376 g/mol. The summed E-state index contributed by atoms with van der Waals surface area (Å²) in [5.74, 6) is 1.84. The molecule has 3 heterocycles. The van der Waals surface area contributed by atoms with Gasteiger partial charge >= 0.3 is 0 Å². The van der Waals surface area contributed by atoms with E-state index in [1.165, 1.54) is 0 Å². The van der Waals surface area contributed by atoms with E-state index in [4.69, 9.17) is 19.8 Å². The van der Waals surface area contributed by atoms with Crippen molar-refractivity contribution in [3.05, 3.63) is 83.5 Å². The highest BCUT2D eigenvalue weighted by Gasteiger charge is 2.11. The largest absolute Gasteiger partial charge is 0.438 e. The van der Waals surface area contributed by atoms with E-state index in [2.05, 4.69) is 15.3 Å². The molecular formula is C20H16N4O3S. The van der Waals surface area contributed by atoms with Crippen LogP contribution >= 0.6 is 11.3 Å². The average molecular weight is 392 g/mol. The molecule has 8 heteroatoms. The van der Waals surface area contributed by atoms with E-state index >= 15 is 0 Å². The van der Waals surface area contributed by atoms with E-state index in [0.717, 1.165) is 4.88 Å². The summed E-state index contributed by atoms with van der Waals surface area (Å²) in [6.07, 6.45) is 1.62. The number of aromatic nitrogens is 2. The SMILES string of the molecule is N/C(=N/OCc1cc(-c2cccs2)on1)c1cccnc1Oc1ccccc1. The van der Waals surface area contributed by atoms with Gasteiger partial charge in [-0.05, 0) is 35.7 Å². The van der Waals surface area contributed by atoms with Crippen LogP contribution in [0.5, 0.6) is 11.6 Å². The van der Waals surface area contributed by atoms with Crippen LogP contribution in [0.15, 0.2) is 81.9 Å². The average Bonchev–Trinajstić information content (AvgIpc) is 3.41. The second kappa shape index (κ2) is 8.36. The zero-order valence-corrected chi connectivity index (χ0v) is 15.5. The van der Waals surface area contributed by atoms with E-state index in [0.29, 0.717) is 28.6 Å². The maximum absolute atomic E-state index is 6.06. The Hall–Kier alpha value is -3.65. The van der Waals surface area contributed by atoms with Gasteiger partial charge in [0.2, 0.25) is 5.88 Å². The van der Waals surface area contributed by atoms with E-state index in [-0.39, 0.29) is 12.4 Å². The second-order valence-corrected chi connectivity index (χ2v) is 6.63. The fraction of sp³-hybridized carbons (Fsp3) is 0.0500. The van der Waals surface area contributed by atoms with Crippen LogP contribution in [-0.4, -0.2) is 16.0 Å². The monoisotopic (exact) mass is 392 g/mol. The minimum absolute atomic E-state index is 0.130. The molecule has 2 N–H and O–H groups in total. The summed E-state index contributed by atoms with van der Waals surface area (Å²) >= 11 is 1.57. The maximum Gasteiger partial charge on any atom is 0.230 e. The van der Waals surface area contributed by atoms with Gasteiger partial charge < -0.3 is 19.8 Å². The molecule has 0 aliphatic heterocycles. The van der Waals surface area contributed by atoms with Crippen LogP contribution in [0.4, 0.5) is 0 Å². The third-order valence-corrected chi connectivity index (χ3v) is 4.59. The molecule has 0 aliphatic carbocycles. The summed E-state index contributed by atoms with van der Waals surface area (Å²) in [6, 6.07) is 18.6. The van der Waals surface area contributed by atoms with E-state index in [1.807, 2.05) is 53.9 Å². The van der Waals surface area contributed by atoms with Gasteiger partial charge in [-0.2, -0.15) is 0 Å². The van der Waals surface area contributed by atoms with Gasteiger partial charge in [0.1, 0.15) is 11.4 Å². The number of nitrogens with zero attached hydrogens (tertiary/aromatic N) is 3. The van der Waals surface area contributed by atoms with Crippen LogP contribution in [-0.2, 0) is 11.4 Å². The molecule has 0 fully saturated rings. The lowest BCUT2D eigenvalue weighted by atomic mass is 10.2. The van der Waals surface area contributed by atoms with Crippen molar-refractivity contribution in [2.24, 2.45) is 10.9 Å². The molecule has 0 saturated carbocycles. The standard InChI is InChI=1S/C20H16N4O3S/c21-19(16-8-4-10-22-20(16)26-15-6-2-1-3-7-15)24-25-13-14-12-17(27-23-14)18-9-5-11-28-18/h1-12H,13H2,(H2,21,24). The van der Waals surface area contributed by atoms with Gasteiger partial charge in [0.05, 0.1) is 10.4 Å². The van der Waals surface area contributed by atoms with Gasteiger partial charge in [0.15, 0.2) is 18.2 Å². The van der Waals surface area contributed by atoms with Crippen molar-refractivity contribution in [2.45, 2.75) is 6.61 Å². The first-order valence-electron chi connectivity index (χ1n) is 8.43. The van der Waals surface area contributed by atoms with Gasteiger partial charge in [-0.15, -0.1) is 11.3 Å². The second-order valence-electron chi connectivity index (χ2n) is 5.68. The Morgan fingerprint density at radius 3 is 2.82 bits per heavy atom. The molecule has 0 aliphatic rings. The van der Waals surface area contributed by atoms with Crippen molar-refractivity contribution in [1.29, 1.82) is 0 Å². The highest BCUT2D eigenvalue weighted by atomic mass is 32.1. The van der Waals surface area contributed by atoms with Crippen LogP contribution in [0.25, 0.3) is 10.6 Å². The molecule has 140 valence electrons. The molecule has 0 amide bonds. The van der Waals surface area contributed by atoms with Crippen molar-refractivity contribution in [3.8, 4) is 22.3 Å². The minimum Gasteiger partial charge on any atom is -0.438 e. The zero-order chi connectivity index (χ0) is 19.2. The minimum atomic E-state index is 0.130. The first-order valence-corrected chi connectivity index (χ1v) is 9.31. The predicted octanol–water partition coefficient (Wildman–Crippen LogP) is 4.43. The number of nitrogens with two attached hydrogens (primary N) is 1. The molecule has 1 aromatic carbocycles. The molecule has 0 unspecified atom stereocenters. The molecule has 0 saturated heterocycles. The van der Waals surface area contributed by atoms with Crippen molar-refractivity contribution >= 4 is 17.2 Å². The van der Waals surface area contributed by atoms with Gasteiger partial charge in [-0.25, -0.2) is 4.98 Å². The number of ether oxygens (including phenoxy) is 1. The molecule has 0 radical (unpaired) electrons. The maximum atomic E-state index is 6.06. The molecule has 28 heavy (non-hydrogen) atoms. The fourth-order valence-electron chi connectivity index (χ4n) is 2.40. The first-order chi connectivity index (χ1) is 13.8. The Morgan fingerprint density at radius 2 is 2.00 bits per heavy atom. The third-order valence-electron chi connectivity index (χ3n) is 3.70. The number of hydrogen-bond acceptors (Lipinski definition) is 7. The Balaban J connectivity index is 1.43. The summed E-state index contributed by atoms with van der Waals surface area (Å²) in [7, 11) is 0. The van der Waals surface area contributed by atoms with Crippen LogP contribution in [0.3, 0.4) is 0 Å². The molecule has 7 nitrogen and oxygen atoms in total. The van der Waals surface area contributed by atoms with Crippen LogP contribution in [0, 0.1) is 0 Å². The van der Waals surface area contributed by atoms with E-state index in [9.17, 15) is 0 Å². The number of benzene rings is 1. The van der Waals surface area contributed by atoms with Crippen molar-refractivity contribution < 1.29 is 14.1 Å².